The van der Waals surface area contributed by atoms with Crippen LogP contribution in [0.25, 0.3) is 11.0 Å². The molecule has 0 saturated carbocycles. The minimum atomic E-state index is -0.448. The van der Waals surface area contributed by atoms with Crippen molar-refractivity contribution in [1.82, 2.24) is 19.9 Å². The van der Waals surface area contributed by atoms with Gasteiger partial charge in [-0.25, -0.2) is 4.98 Å². The summed E-state index contributed by atoms with van der Waals surface area (Å²) >= 11 is 5.95. The number of hydrogen-bond donors (Lipinski definition) is 1. The van der Waals surface area contributed by atoms with Gasteiger partial charge in [-0.3, -0.25) is 19.1 Å². The second kappa shape index (κ2) is 8.24. The van der Waals surface area contributed by atoms with Gasteiger partial charge in [0, 0.05) is 22.8 Å². The van der Waals surface area contributed by atoms with E-state index in [0.29, 0.717) is 21.7 Å². The maximum atomic E-state index is 13.1. The van der Waals surface area contributed by atoms with Crippen molar-refractivity contribution in [2.45, 2.75) is 13.1 Å². The topological polar surface area (TPSA) is 76.9 Å². The van der Waals surface area contributed by atoms with Crippen LogP contribution in [0.5, 0.6) is 0 Å². The van der Waals surface area contributed by atoms with Gasteiger partial charge in [0.05, 0.1) is 18.8 Å². The third-order valence-corrected chi connectivity index (χ3v) is 4.75. The van der Waals surface area contributed by atoms with Crippen molar-refractivity contribution < 1.29 is 4.79 Å². The Morgan fingerprint density at radius 2 is 1.79 bits per heavy atom. The maximum Gasteiger partial charge on any atom is 0.265 e. The Morgan fingerprint density at radius 1 is 1.00 bits per heavy atom. The molecule has 144 valence electrons. The number of benzene rings is 1. The molecule has 3 heterocycles. The molecule has 0 atom stereocenters. The van der Waals surface area contributed by atoms with E-state index in [2.05, 4.69) is 15.3 Å². The van der Waals surface area contributed by atoms with Crippen LogP contribution in [0.1, 0.15) is 21.6 Å². The average molecular weight is 405 g/mol. The van der Waals surface area contributed by atoms with Crippen molar-refractivity contribution in [2.24, 2.45) is 0 Å². The molecule has 0 aliphatic heterocycles. The van der Waals surface area contributed by atoms with Crippen LogP contribution in [0.15, 0.2) is 77.9 Å². The number of carbonyl (C=O) groups is 1. The summed E-state index contributed by atoms with van der Waals surface area (Å²) in [5.74, 6) is -0.448. The van der Waals surface area contributed by atoms with Crippen LogP contribution in [0.2, 0.25) is 5.02 Å². The number of aromatic nitrogens is 3. The molecule has 0 aliphatic rings. The number of nitrogens with one attached hydrogen (secondary N) is 1. The van der Waals surface area contributed by atoms with E-state index in [1.807, 2.05) is 30.3 Å². The van der Waals surface area contributed by atoms with Gasteiger partial charge < -0.3 is 5.32 Å². The molecule has 1 aromatic carbocycles. The number of carbonyl (C=O) groups excluding carboxylic acids is 1. The molecule has 0 fully saturated rings. The van der Waals surface area contributed by atoms with Crippen LogP contribution in [-0.4, -0.2) is 20.4 Å². The van der Waals surface area contributed by atoms with Gasteiger partial charge in [0.15, 0.2) is 0 Å². The molecule has 0 unspecified atom stereocenters. The molecule has 4 aromatic rings. The highest BCUT2D eigenvalue weighted by atomic mass is 35.5. The zero-order valence-electron chi connectivity index (χ0n) is 15.4. The smallest absolute Gasteiger partial charge is 0.265 e. The highest BCUT2D eigenvalue weighted by molar-refractivity contribution is 6.30. The second-order valence-electron chi connectivity index (χ2n) is 6.50. The summed E-state index contributed by atoms with van der Waals surface area (Å²) in [7, 11) is 0. The van der Waals surface area contributed by atoms with Crippen LogP contribution in [0.4, 0.5) is 0 Å². The fourth-order valence-electron chi connectivity index (χ4n) is 3.06. The van der Waals surface area contributed by atoms with Gasteiger partial charge in [0.25, 0.3) is 11.5 Å². The Balaban J connectivity index is 1.71. The lowest BCUT2D eigenvalue weighted by atomic mass is 10.1. The molecule has 0 saturated heterocycles. The van der Waals surface area contributed by atoms with E-state index in [-0.39, 0.29) is 18.7 Å². The summed E-state index contributed by atoms with van der Waals surface area (Å²) in [6, 6.07) is 17.9. The first-order chi connectivity index (χ1) is 14.1. The highest BCUT2D eigenvalue weighted by Gasteiger charge is 2.16. The number of amides is 1. The number of rotatable bonds is 5. The molecule has 0 bridgehead atoms. The predicted octanol–water partition coefficient (Wildman–Crippen LogP) is 3.42. The number of pyridine rings is 3. The van der Waals surface area contributed by atoms with E-state index >= 15 is 0 Å². The lowest BCUT2D eigenvalue weighted by Crippen LogP contribution is -2.33. The normalized spacial score (nSPS) is 10.8. The van der Waals surface area contributed by atoms with Crippen molar-refractivity contribution in [3.05, 3.63) is 105 Å². The Hall–Kier alpha value is -3.51. The molecule has 0 spiro atoms. The van der Waals surface area contributed by atoms with E-state index in [9.17, 15) is 9.59 Å². The van der Waals surface area contributed by atoms with Crippen LogP contribution >= 0.6 is 11.6 Å². The van der Waals surface area contributed by atoms with Gasteiger partial charge in [0.1, 0.15) is 11.2 Å². The molecular formula is C22H17ClN4O2. The zero-order valence-corrected chi connectivity index (χ0v) is 16.1. The summed E-state index contributed by atoms with van der Waals surface area (Å²) in [4.78, 5) is 34.4. The van der Waals surface area contributed by atoms with Crippen molar-refractivity contribution in [2.75, 3.05) is 0 Å². The third-order valence-electron chi connectivity index (χ3n) is 4.50. The van der Waals surface area contributed by atoms with Crippen LogP contribution in [-0.2, 0) is 13.1 Å². The Morgan fingerprint density at radius 3 is 2.55 bits per heavy atom. The van der Waals surface area contributed by atoms with Gasteiger partial charge in [0.2, 0.25) is 0 Å². The van der Waals surface area contributed by atoms with Crippen molar-refractivity contribution in [1.29, 1.82) is 0 Å². The summed E-state index contributed by atoms with van der Waals surface area (Å²) in [5, 5.41) is 4.10. The van der Waals surface area contributed by atoms with Crippen LogP contribution < -0.4 is 10.9 Å². The first-order valence-corrected chi connectivity index (χ1v) is 9.41. The minimum Gasteiger partial charge on any atom is -0.346 e. The number of fused-ring (bicyclic) bond motifs is 1. The largest absolute Gasteiger partial charge is 0.346 e. The van der Waals surface area contributed by atoms with E-state index in [1.165, 1.54) is 4.57 Å². The summed E-state index contributed by atoms with van der Waals surface area (Å²) in [6.07, 6.45) is 3.28. The van der Waals surface area contributed by atoms with Gasteiger partial charge in [-0.15, -0.1) is 0 Å². The quantitative estimate of drug-likeness (QED) is 0.553. The highest BCUT2D eigenvalue weighted by Crippen LogP contribution is 2.15. The molecule has 6 nitrogen and oxygen atoms in total. The standard InChI is InChI=1S/C22H17ClN4O2/c23-17-8-6-15(7-9-17)14-27-20-16(4-3-11-25-20)12-19(22(27)29)21(28)26-13-18-5-1-2-10-24-18/h1-12H,13-14H2,(H,26,28). The summed E-state index contributed by atoms with van der Waals surface area (Å²) < 4.78 is 1.51. The maximum absolute atomic E-state index is 13.1. The van der Waals surface area contributed by atoms with E-state index in [0.717, 1.165) is 5.56 Å². The lowest BCUT2D eigenvalue weighted by Gasteiger charge is -2.12. The molecule has 29 heavy (non-hydrogen) atoms. The summed E-state index contributed by atoms with van der Waals surface area (Å²) in [5.41, 5.74) is 1.79. The predicted molar refractivity (Wildman–Crippen MR) is 112 cm³/mol. The Labute approximate surface area is 171 Å². The number of hydrogen-bond acceptors (Lipinski definition) is 4. The minimum absolute atomic E-state index is 0.0652. The van der Waals surface area contributed by atoms with E-state index in [4.69, 9.17) is 11.6 Å². The fraction of sp³-hybridized carbons (Fsp3) is 0.0909. The van der Waals surface area contributed by atoms with Crippen LogP contribution in [0.3, 0.4) is 0 Å². The first-order valence-electron chi connectivity index (χ1n) is 9.03. The monoisotopic (exact) mass is 404 g/mol. The van der Waals surface area contributed by atoms with E-state index < -0.39 is 11.5 Å². The van der Waals surface area contributed by atoms with Gasteiger partial charge in [-0.2, -0.15) is 0 Å². The first kappa shape index (κ1) is 18.8. The van der Waals surface area contributed by atoms with Gasteiger partial charge in [-0.1, -0.05) is 29.8 Å². The van der Waals surface area contributed by atoms with E-state index in [1.54, 1.807) is 42.7 Å². The molecule has 0 aliphatic carbocycles. The van der Waals surface area contributed by atoms with Crippen LogP contribution in [0, 0.1) is 0 Å². The number of nitrogens with zero attached hydrogens (tertiary/aromatic N) is 3. The Bertz CT molecular complexity index is 1220. The molecular weight excluding hydrogens is 388 g/mol. The van der Waals surface area contributed by atoms with Gasteiger partial charge >= 0.3 is 0 Å². The number of halogens is 1. The van der Waals surface area contributed by atoms with Crippen molar-refractivity contribution in [3.63, 3.8) is 0 Å². The molecule has 1 amide bonds. The molecule has 0 radical (unpaired) electrons. The van der Waals surface area contributed by atoms with Crippen molar-refractivity contribution >= 4 is 28.5 Å². The zero-order chi connectivity index (χ0) is 20.2. The van der Waals surface area contributed by atoms with Gasteiger partial charge in [-0.05, 0) is 48.0 Å². The SMILES string of the molecule is O=C(NCc1ccccn1)c1cc2cccnc2n(Cc2ccc(Cl)cc2)c1=O. The lowest BCUT2D eigenvalue weighted by molar-refractivity contribution is 0.0948. The fourth-order valence-corrected chi connectivity index (χ4v) is 3.18. The molecule has 1 N–H and O–H groups in total. The molecule has 3 aromatic heterocycles. The Kier molecular flexibility index (Phi) is 5.35. The molecule has 7 heteroatoms. The molecule has 4 rings (SSSR count). The van der Waals surface area contributed by atoms with Crippen molar-refractivity contribution in [3.8, 4) is 0 Å². The summed E-state index contributed by atoms with van der Waals surface area (Å²) in [6.45, 7) is 0.520. The third kappa shape index (κ3) is 4.17. The average Bonchev–Trinajstić information content (AvgIpc) is 2.76. The second-order valence-corrected chi connectivity index (χ2v) is 6.93.